The Morgan fingerprint density at radius 2 is 1.78 bits per heavy atom. The second-order valence-electron chi connectivity index (χ2n) is 9.13. The minimum absolute atomic E-state index is 0.0739. The van der Waals surface area contributed by atoms with Crippen LogP contribution < -0.4 is 10.6 Å². The van der Waals surface area contributed by atoms with E-state index in [2.05, 4.69) is 31.6 Å². The summed E-state index contributed by atoms with van der Waals surface area (Å²) in [6.07, 6.45) is 1.81. The molecule has 0 radical (unpaired) electrons. The predicted octanol–water partition coefficient (Wildman–Crippen LogP) is 4.89. The minimum Gasteiger partial charge on any atom is -0.366 e. The van der Waals surface area contributed by atoms with Crippen LogP contribution in [0.15, 0.2) is 54.7 Å². The van der Waals surface area contributed by atoms with Crippen LogP contribution in [0.2, 0.25) is 5.02 Å². The second-order valence-corrected chi connectivity index (χ2v) is 10.5. The molecule has 1 aromatic carbocycles. The van der Waals surface area contributed by atoms with E-state index in [4.69, 9.17) is 16.6 Å². The molecule has 5 rings (SSSR count). The molecule has 2 N–H and O–H groups in total. The lowest BCUT2D eigenvalue weighted by atomic mass is 10.2. The van der Waals surface area contributed by atoms with Crippen molar-refractivity contribution >= 4 is 56.1 Å². The molecule has 1 aliphatic rings. The first-order chi connectivity index (χ1) is 17.9. The first kappa shape index (κ1) is 25.2. The Balaban J connectivity index is 1.18. The zero-order valence-corrected chi connectivity index (χ0v) is 22.4. The summed E-state index contributed by atoms with van der Waals surface area (Å²) >= 11 is 7.46. The third kappa shape index (κ3) is 6.46. The predicted molar refractivity (Wildman–Crippen MR) is 150 cm³/mol. The SMILES string of the molecule is CN(C)C(=O)N1CCN(Cc2ccnc(Nc3nc4ccc(NCc5ccc(Cl)cc5)nc4s3)c2)CC1. The number of rotatable bonds is 7. The van der Waals surface area contributed by atoms with Gasteiger partial charge in [-0.3, -0.25) is 4.90 Å². The number of amides is 2. The van der Waals surface area contributed by atoms with Crippen LogP contribution in [0.5, 0.6) is 0 Å². The summed E-state index contributed by atoms with van der Waals surface area (Å²) in [6.45, 7) is 4.65. The van der Waals surface area contributed by atoms with Gasteiger partial charge in [-0.25, -0.2) is 19.7 Å². The Morgan fingerprint density at radius 3 is 2.54 bits per heavy atom. The van der Waals surface area contributed by atoms with Gasteiger partial charge in [0.1, 0.15) is 22.0 Å². The van der Waals surface area contributed by atoms with Crippen LogP contribution in [0.1, 0.15) is 11.1 Å². The Hall–Kier alpha value is -3.47. The van der Waals surface area contributed by atoms with Crippen molar-refractivity contribution in [1.29, 1.82) is 0 Å². The number of carbonyl (C=O) groups excluding carboxylic acids is 1. The van der Waals surface area contributed by atoms with Gasteiger partial charge in [-0.1, -0.05) is 35.1 Å². The van der Waals surface area contributed by atoms with Crippen molar-refractivity contribution in [3.63, 3.8) is 0 Å². The van der Waals surface area contributed by atoms with Crippen molar-refractivity contribution < 1.29 is 4.79 Å². The number of urea groups is 1. The van der Waals surface area contributed by atoms with Gasteiger partial charge in [0.15, 0.2) is 5.13 Å². The monoisotopic (exact) mass is 536 g/mol. The van der Waals surface area contributed by atoms with E-state index >= 15 is 0 Å². The fourth-order valence-electron chi connectivity index (χ4n) is 4.15. The summed E-state index contributed by atoms with van der Waals surface area (Å²) in [6, 6.07) is 15.8. The van der Waals surface area contributed by atoms with Crippen molar-refractivity contribution in [2.45, 2.75) is 13.1 Å². The van der Waals surface area contributed by atoms with Crippen LogP contribution in [0, 0.1) is 0 Å². The van der Waals surface area contributed by atoms with Gasteiger partial charge in [0.05, 0.1) is 0 Å². The molecule has 1 aliphatic heterocycles. The molecule has 0 atom stereocenters. The minimum atomic E-state index is 0.0739. The standard InChI is InChI=1S/C26H29ClN8OS/c1-33(2)26(36)35-13-11-34(12-14-35)17-19-9-10-28-23(15-19)32-25-30-21-7-8-22(31-24(21)37-25)29-16-18-3-5-20(27)6-4-18/h3-10,15H,11-14,16-17H2,1-2H3,(H,29,31)(H,28,30,32). The number of benzene rings is 1. The molecule has 4 heterocycles. The Bertz CT molecular complexity index is 1370. The highest BCUT2D eigenvalue weighted by Crippen LogP contribution is 2.28. The average molecular weight is 537 g/mol. The van der Waals surface area contributed by atoms with Crippen LogP contribution in [-0.2, 0) is 13.1 Å². The van der Waals surface area contributed by atoms with Crippen LogP contribution in [0.4, 0.5) is 21.6 Å². The van der Waals surface area contributed by atoms with Gasteiger partial charge in [0.25, 0.3) is 0 Å². The summed E-state index contributed by atoms with van der Waals surface area (Å²) in [7, 11) is 3.58. The Kier molecular flexibility index (Phi) is 7.68. The van der Waals surface area contributed by atoms with Crippen LogP contribution in [-0.4, -0.2) is 76.0 Å². The van der Waals surface area contributed by atoms with E-state index in [1.165, 1.54) is 11.3 Å². The van der Waals surface area contributed by atoms with E-state index in [0.717, 1.165) is 76.0 Å². The number of thiazole rings is 1. The smallest absolute Gasteiger partial charge is 0.319 e. The number of halogens is 1. The molecule has 11 heteroatoms. The molecule has 1 saturated heterocycles. The number of hydrogen-bond acceptors (Lipinski definition) is 8. The van der Waals surface area contributed by atoms with E-state index in [9.17, 15) is 4.79 Å². The number of carbonyl (C=O) groups is 1. The van der Waals surface area contributed by atoms with E-state index in [-0.39, 0.29) is 6.03 Å². The van der Waals surface area contributed by atoms with Crippen molar-refractivity contribution in [3.05, 3.63) is 70.9 Å². The van der Waals surface area contributed by atoms with Crippen LogP contribution >= 0.6 is 22.9 Å². The molecule has 2 amide bonds. The lowest BCUT2D eigenvalue weighted by molar-refractivity contribution is 0.120. The van der Waals surface area contributed by atoms with Gasteiger partial charge in [-0.2, -0.15) is 0 Å². The number of pyridine rings is 2. The lowest BCUT2D eigenvalue weighted by Gasteiger charge is -2.35. The number of fused-ring (bicyclic) bond motifs is 1. The van der Waals surface area contributed by atoms with Gasteiger partial charge in [-0.15, -0.1) is 0 Å². The van der Waals surface area contributed by atoms with Gasteiger partial charge in [0.2, 0.25) is 0 Å². The average Bonchev–Trinajstić information content (AvgIpc) is 3.30. The number of anilines is 3. The van der Waals surface area contributed by atoms with Crippen molar-refractivity contribution in [2.75, 3.05) is 50.9 Å². The molecule has 4 aromatic rings. The maximum atomic E-state index is 12.2. The van der Waals surface area contributed by atoms with Crippen molar-refractivity contribution in [1.82, 2.24) is 29.7 Å². The second kappa shape index (κ2) is 11.3. The number of nitrogens with one attached hydrogen (secondary N) is 2. The highest BCUT2D eigenvalue weighted by atomic mass is 35.5. The largest absolute Gasteiger partial charge is 0.366 e. The highest BCUT2D eigenvalue weighted by molar-refractivity contribution is 7.21. The zero-order valence-electron chi connectivity index (χ0n) is 20.8. The molecule has 37 heavy (non-hydrogen) atoms. The number of piperazine rings is 1. The normalized spacial score (nSPS) is 14.1. The molecule has 0 aliphatic carbocycles. The fourth-order valence-corrected chi connectivity index (χ4v) is 5.12. The van der Waals surface area contributed by atoms with Crippen LogP contribution in [0.25, 0.3) is 10.3 Å². The molecular weight excluding hydrogens is 508 g/mol. The van der Waals surface area contributed by atoms with E-state index in [1.54, 1.807) is 19.0 Å². The van der Waals surface area contributed by atoms with E-state index in [1.807, 2.05) is 53.6 Å². The van der Waals surface area contributed by atoms with Gasteiger partial charge in [-0.05, 0) is 47.5 Å². The summed E-state index contributed by atoms with van der Waals surface area (Å²) < 4.78 is 0. The molecular formula is C26H29ClN8OS. The maximum absolute atomic E-state index is 12.2. The molecule has 0 spiro atoms. The Morgan fingerprint density at radius 1 is 1.00 bits per heavy atom. The summed E-state index contributed by atoms with van der Waals surface area (Å²) in [4.78, 5) is 32.8. The summed E-state index contributed by atoms with van der Waals surface area (Å²) in [5.41, 5.74) is 3.14. The molecule has 0 unspecified atom stereocenters. The first-order valence-electron chi connectivity index (χ1n) is 12.1. The fraction of sp³-hybridized carbons (Fsp3) is 0.308. The van der Waals surface area contributed by atoms with Crippen molar-refractivity contribution in [2.24, 2.45) is 0 Å². The lowest BCUT2D eigenvalue weighted by Crippen LogP contribution is -2.51. The van der Waals surface area contributed by atoms with E-state index in [0.29, 0.717) is 6.54 Å². The van der Waals surface area contributed by atoms with Gasteiger partial charge < -0.3 is 20.4 Å². The molecule has 1 fully saturated rings. The van der Waals surface area contributed by atoms with Crippen molar-refractivity contribution in [3.8, 4) is 0 Å². The summed E-state index contributed by atoms with van der Waals surface area (Å²) in [5, 5.41) is 8.16. The molecule has 0 saturated carbocycles. The number of aromatic nitrogens is 3. The van der Waals surface area contributed by atoms with Gasteiger partial charge in [0, 0.05) is 64.6 Å². The Labute approximate surface area is 225 Å². The number of nitrogens with zero attached hydrogens (tertiary/aromatic N) is 6. The third-order valence-electron chi connectivity index (χ3n) is 6.13. The summed E-state index contributed by atoms with van der Waals surface area (Å²) in [5.74, 6) is 1.55. The first-order valence-corrected chi connectivity index (χ1v) is 13.3. The molecule has 9 nitrogen and oxygen atoms in total. The molecule has 3 aromatic heterocycles. The molecule has 192 valence electrons. The third-order valence-corrected chi connectivity index (χ3v) is 7.27. The van der Waals surface area contributed by atoms with Gasteiger partial charge >= 0.3 is 6.03 Å². The quantitative estimate of drug-likeness (QED) is 0.347. The topological polar surface area (TPSA) is 89.5 Å². The molecule has 0 bridgehead atoms. The zero-order chi connectivity index (χ0) is 25.8. The highest BCUT2D eigenvalue weighted by Gasteiger charge is 2.22. The number of hydrogen-bond donors (Lipinski definition) is 2. The maximum Gasteiger partial charge on any atom is 0.319 e. The van der Waals surface area contributed by atoms with Crippen LogP contribution in [0.3, 0.4) is 0 Å². The van der Waals surface area contributed by atoms with E-state index < -0.39 is 0 Å².